The lowest BCUT2D eigenvalue weighted by Gasteiger charge is -2.11. The Labute approximate surface area is 134 Å². The van der Waals surface area contributed by atoms with E-state index in [1.807, 2.05) is 0 Å². The smallest absolute Gasteiger partial charge is 0.263 e. The highest BCUT2D eigenvalue weighted by Crippen LogP contribution is 2.44. The molecule has 0 spiro atoms. The van der Waals surface area contributed by atoms with Gasteiger partial charge in [-0.05, 0) is 0 Å². The number of imide groups is 1. The van der Waals surface area contributed by atoms with Crippen molar-refractivity contribution in [3.63, 3.8) is 0 Å². The molecule has 1 aromatic rings. The molecule has 2 rings (SSSR count). The summed E-state index contributed by atoms with van der Waals surface area (Å²) in [6.07, 6.45) is 0.205. The number of rotatable bonds is 3. The third-order valence-corrected chi connectivity index (χ3v) is 4.72. The molecule has 1 aromatic carbocycles. The van der Waals surface area contributed by atoms with Crippen LogP contribution in [0.1, 0.15) is 34.1 Å². The third kappa shape index (κ3) is 2.21. The van der Waals surface area contributed by atoms with E-state index in [9.17, 15) is 14.4 Å². The lowest BCUT2D eigenvalue weighted by molar-refractivity contribution is -0.119. The number of Topliss-reactive ketones (excluding diaryl/α,β-unsaturated/α-hetero) is 1. The molecule has 0 atom stereocenters. The Hall–Kier alpha value is -0.810. The maximum absolute atomic E-state index is 12.2. The first-order valence-electron chi connectivity index (χ1n) is 5.55. The van der Waals surface area contributed by atoms with E-state index in [1.54, 1.807) is 6.92 Å². The summed E-state index contributed by atoms with van der Waals surface area (Å²) >= 11 is 23.6. The monoisotopic (exact) mass is 353 g/mol. The van der Waals surface area contributed by atoms with E-state index in [4.69, 9.17) is 46.4 Å². The van der Waals surface area contributed by atoms with E-state index in [0.717, 1.165) is 4.90 Å². The number of hydrogen-bond acceptors (Lipinski definition) is 3. The minimum absolute atomic E-state index is 0.0955. The molecule has 0 saturated carbocycles. The summed E-state index contributed by atoms with van der Waals surface area (Å²) in [5.74, 6) is -1.65. The minimum Gasteiger partial charge on any atom is -0.298 e. The Morgan fingerprint density at radius 1 is 0.900 bits per heavy atom. The molecule has 0 saturated heterocycles. The predicted molar refractivity (Wildman–Crippen MR) is 77.1 cm³/mol. The summed E-state index contributed by atoms with van der Waals surface area (Å²) in [5.41, 5.74) is -0.222. The van der Waals surface area contributed by atoms with Gasteiger partial charge in [0.1, 0.15) is 0 Å². The second-order valence-corrected chi connectivity index (χ2v) is 5.61. The summed E-state index contributed by atoms with van der Waals surface area (Å²) in [6.45, 7) is 1.30. The molecule has 0 unspecified atom stereocenters. The van der Waals surface area contributed by atoms with Gasteiger partial charge in [-0.3, -0.25) is 19.3 Å². The van der Waals surface area contributed by atoms with E-state index < -0.39 is 11.8 Å². The van der Waals surface area contributed by atoms with Gasteiger partial charge >= 0.3 is 0 Å². The molecule has 0 aromatic heterocycles. The van der Waals surface area contributed by atoms with Crippen molar-refractivity contribution in [3.05, 3.63) is 31.2 Å². The van der Waals surface area contributed by atoms with Gasteiger partial charge in [-0.25, -0.2) is 0 Å². The predicted octanol–water partition coefficient (Wildman–Crippen LogP) is 3.88. The molecule has 0 N–H and O–H groups in total. The fourth-order valence-electron chi connectivity index (χ4n) is 1.83. The van der Waals surface area contributed by atoms with Gasteiger partial charge in [0.15, 0.2) is 5.78 Å². The number of ketones is 1. The van der Waals surface area contributed by atoms with Crippen LogP contribution in [0.4, 0.5) is 0 Å². The summed E-state index contributed by atoms with van der Waals surface area (Å²) in [6, 6.07) is 0. The summed E-state index contributed by atoms with van der Waals surface area (Å²) < 4.78 is 0. The molecule has 8 heteroatoms. The van der Waals surface area contributed by atoms with Crippen LogP contribution in [0, 0.1) is 0 Å². The number of halogens is 4. The number of fused-ring (bicyclic) bond motifs is 1. The van der Waals surface area contributed by atoms with Gasteiger partial charge in [-0.2, -0.15) is 0 Å². The molecular formula is C12H7Cl4NO3. The molecule has 0 bridgehead atoms. The van der Waals surface area contributed by atoms with Crippen molar-refractivity contribution in [1.29, 1.82) is 0 Å². The maximum atomic E-state index is 12.2. The molecular weight excluding hydrogens is 348 g/mol. The van der Waals surface area contributed by atoms with E-state index in [1.165, 1.54) is 0 Å². The largest absolute Gasteiger partial charge is 0.298 e. The van der Waals surface area contributed by atoms with Gasteiger partial charge in [-0.15, -0.1) is 0 Å². The lowest BCUT2D eigenvalue weighted by atomic mass is 10.1. The zero-order chi connectivity index (χ0) is 15.2. The standard InChI is InChI=1S/C12H7Cl4NO3/c1-2-4(18)3-17-11(19)5-6(12(17)20)8(14)10(16)9(15)7(5)13/h2-3H2,1H3. The number of amides is 2. The van der Waals surface area contributed by atoms with E-state index in [-0.39, 0.29) is 50.0 Å². The first-order chi connectivity index (χ1) is 9.31. The average molecular weight is 355 g/mol. The molecule has 1 aliphatic rings. The van der Waals surface area contributed by atoms with Crippen LogP contribution in [0.5, 0.6) is 0 Å². The van der Waals surface area contributed by atoms with Crippen molar-refractivity contribution in [1.82, 2.24) is 4.90 Å². The van der Waals surface area contributed by atoms with Crippen molar-refractivity contribution >= 4 is 64.0 Å². The molecule has 0 radical (unpaired) electrons. The fourth-order valence-corrected chi connectivity index (χ4v) is 2.84. The van der Waals surface area contributed by atoms with Gasteiger partial charge < -0.3 is 0 Å². The number of benzene rings is 1. The highest BCUT2D eigenvalue weighted by molar-refractivity contribution is 6.55. The Morgan fingerprint density at radius 2 is 1.30 bits per heavy atom. The Kier molecular flexibility index (Phi) is 4.30. The molecule has 1 heterocycles. The first-order valence-corrected chi connectivity index (χ1v) is 7.06. The fraction of sp³-hybridized carbons (Fsp3) is 0.250. The highest BCUT2D eigenvalue weighted by Gasteiger charge is 2.41. The van der Waals surface area contributed by atoms with Crippen LogP contribution in [0.3, 0.4) is 0 Å². The topological polar surface area (TPSA) is 54.5 Å². The quantitative estimate of drug-likeness (QED) is 0.470. The zero-order valence-corrected chi connectivity index (χ0v) is 13.1. The van der Waals surface area contributed by atoms with Crippen molar-refractivity contribution < 1.29 is 14.4 Å². The number of hydrogen-bond donors (Lipinski definition) is 0. The van der Waals surface area contributed by atoms with Crippen LogP contribution in [-0.2, 0) is 4.79 Å². The second kappa shape index (κ2) is 5.53. The van der Waals surface area contributed by atoms with E-state index >= 15 is 0 Å². The number of carbonyl (C=O) groups is 3. The molecule has 4 nitrogen and oxygen atoms in total. The number of carbonyl (C=O) groups excluding carboxylic acids is 3. The second-order valence-electron chi connectivity index (χ2n) is 4.09. The Bertz CT molecular complexity index is 610. The van der Waals surface area contributed by atoms with Crippen LogP contribution in [0.25, 0.3) is 0 Å². The molecule has 0 fully saturated rings. The zero-order valence-electron chi connectivity index (χ0n) is 10.1. The van der Waals surface area contributed by atoms with Crippen molar-refractivity contribution in [2.45, 2.75) is 13.3 Å². The van der Waals surface area contributed by atoms with E-state index in [2.05, 4.69) is 0 Å². The molecule has 0 aliphatic carbocycles. The Balaban J connectivity index is 2.60. The van der Waals surface area contributed by atoms with Crippen LogP contribution in [0.2, 0.25) is 20.1 Å². The average Bonchev–Trinajstić information content (AvgIpc) is 2.67. The SMILES string of the molecule is CCC(=O)CN1C(=O)c2c(Cl)c(Cl)c(Cl)c(Cl)c2C1=O. The van der Waals surface area contributed by atoms with Gasteiger partial charge in [0.2, 0.25) is 0 Å². The first kappa shape index (κ1) is 15.6. The van der Waals surface area contributed by atoms with Gasteiger partial charge in [-0.1, -0.05) is 53.3 Å². The van der Waals surface area contributed by atoms with Gasteiger partial charge in [0.05, 0.1) is 37.8 Å². The Morgan fingerprint density at radius 3 is 1.65 bits per heavy atom. The van der Waals surface area contributed by atoms with Gasteiger partial charge in [0, 0.05) is 6.42 Å². The maximum Gasteiger partial charge on any atom is 0.263 e. The molecule has 1 aliphatic heterocycles. The molecule has 2 amide bonds. The van der Waals surface area contributed by atoms with E-state index in [0.29, 0.717) is 0 Å². The number of nitrogens with zero attached hydrogens (tertiary/aromatic N) is 1. The minimum atomic E-state index is -0.697. The molecule has 106 valence electrons. The van der Waals surface area contributed by atoms with Crippen molar-refractivity contribution in [2.75, 3.05) is 6.54 Å². The van der Waals surface area contributed by atoms with Crippen molar-refractivity contribution in [2.24, 2.45) is 0 Å². The van der Waals surface area contributed by atoms with Crippen LogP contribution in [-0.4, -0.2) is 29.0 Å². The summed E-state index contributed by atoms with van der Waals surface area (Å²) in [7, 11) is 0. The third-order valence-electron chi connectivity index (χ3n) is 2.91. The van der Waals surface area contributed by atoms with Gasteiger partial charge in [0.25, 0.3) is 11.8 Å². The summed E-state index contributed by atoms with van der Waals surface area (Å²) in [4.78, 5) is 36.6. The van der Waals surface area contributed by atoms with Crippen LogP contribution >= 0.6 is 46.4 Å². The lowest BCUT2D eigenvalue weighted by Crippen LogP contribution is -2.34. The van der Waals surface area contributed by atoms with Crippen LogP contribution < -0.4 is 0 Å². The van der Waals surface area contributed by atoms with Crippen LogP contribution in [0.15, 0.2) is 0 Å². The van der Waals surface area contributed by atoms with Crippen molar-refractivity contribution in [3.8, 4) is 0 Å². The normalized spacial score (nSPS) is 13.9. The summed E-state index contributed by atoms with van der Waals surface area (Å²) in [5, 5.41) is -0.467. The molecule has 20 heavy (non-hydrogen) atoms. The highest BCUT2D eigenvalue weighted by atomic mass is 35.5.